The Morgan fingerprint density at radius 2 is 1.70 bits per heavy atom. The Morgan fingerprint density at radius 1 is 1.30 bits per heavy atom. The zero-order valence-corrected chi connectivity index (χ0v) is 5.12. The summed E-state index contributed by atoms with van der Waals surface area (Å²) >= 11 is 0. The maximum Gasteiger partial charge on any atom is 0.502 e. The number of hydrogen-bond donors (Lipinski definition) is 0. The van der Waals surface area contributed by atoms with Gasteiger partial charge in [-0.3, -0.25) is 0 Å². The molecule has 0 aromatic rings. The summed E-state index contributed by atoms with van der Waals surface area (Å²) in [7, 11) is 0. The van der Waals surface area contributed by atoms with Crippen molar-refractivity contribution in [3.63, 3.8) is 0 Å². The smallest absolute Gasteiger partial charge is 0.445 e. The van der Waals surface area contributed by atoms with Gasteiger partial charge in [0.25, 0.3) is 6.43 Å². The van der Waals surface area contributed by atoms with E-state index >= 15 is 0 Å². The maximum atomic E-state index is 11.4. The summed E-state index contributed by atoms with van der Waals surface area (Å²) in [5.74, 6) is -0.343. The van der Waals surface area contributed by atoms with Crippen molar-refractivity contribution >= 4 is 6.98 Å². The van der Waals surface area contributed by atoms with E-state index in [0.29, 0.717) is 0 Å². The summed E-state index contributed by atoms with van der Waals surface area (Å²) in [6.45, 7) is -4.47. The van der Waals surface area contributed by atoms with Gasteiger partial charge in [-0.25, -0.2) is 8.78 Å². The minimum atomic E-state index is -5.22. The number of alkyl halides is 2. The normalized spacial score (nSPS) is 14.5. The lowest BCUT2D eigenvalue weighted by Crippen LogP contribution is -2.13. The van der Waals surface area contributed by atoms with Crippen LogP contribution < -0.4 is 0 Å². The molecule has 0 saturated carbocycles. The molecule has 0 aromatic heterocycles. The third-order valence-corrected chi connectivity index (χ3v) is 0.796. The fourth-order valence-corrected chi connectivity index (χ4v) is 0.371. The summed E-state index contributed by atoms with van der Waals surface area (Å²) in [4.78, 5) is 0. The molecule has 0 nitrogen and oxygen atoms in total. The largest absolute Gasteiger partial charge is 0.502 e. The van der Waals surface area contributed by atoms with Crippen LogP contribution in [0.2, 0.25) is 0 Å². The second-order valence-corrected chi connectivity index (χ2v) is 1.84. The van der Waals surface area contributed by atoms with Crippen LogP contribution in [0.3, 0.4) is 0 Å². The Hall–Kier alpha value is -0.545. The molecule has 0 saturated heterocycles. The van der Waals surface area contributed by atoms with Crippen LogP contribution in [0.1, 0.15) is 6.92 Å². The van der Waals surface area contributed by atoms with Gasteiger partial charge in [0, 0.05) is 0 Å². The number of rotatable bonds is 2. The fraction of sp³-hybridized carbons (Fsp3) is 0.500. The van der Waals surface area contributed by atoms with Crippen molar-refractivity contribution in [1.29, 1.82) is 0 Å². The summed E-state index contributed by atoms with van der Waals surface area (Å²) in [6.07, 6.45) is -3.01. The average molecular weight is 159 g/mol. The van der Waals surface area contributed by atoms with Gasteiger partial charge in [0.2, 0.25) is 0 Å². The van der Waals surface area contributed by atoms with Gasteiger partial charge in [0.1, 0.15) is 0 Å². The Bertz CT molecular complexity index is 135. The number of hydrogen-bond acceptors (Lipinski definition) is 0. The van der Waals surface area contributed by atoms with E-state index in [0.717, 1.165) is 6.92 Å². The maximum absolute atomic E-state index is 11.4. The summed E-state index contributed by atoms with van der Waals surface area (Å²) in [5.41, 5.74) is -0.937. The first kappa shape index (κ1) is 9.45. The molecule has 0 bridgehead atoms. The molecule has 0 rings (SSSR count). The molecule has 0 aliphatic heterocycles. The predicted molar refractivity (Wildman–Crippen MR) is 28.8 cm³/mol. The van der Waals surface area contributed by atoms with Crippen LogP contribution in [0.5, 0.6) is 0 Å². The summed E-state index contributed by atoms with van der Waals surface area (Å²) in [6, 6.07) is 0. The highest BCUT2D eigenvalue weighted by molar-refractivity contribution is 6.64. The van der Waals surface area contributed by atoms with Crippen LogP contribution in [0, 0.1) is 0 Å². The quantitative estimate of drug-likeness (QED) is 0.429. The molecule has 6 heteroatoms. The van der Waals surface area contributed by atoms with Crippen LogP contribution >= 0.6 is 0 Å². The van der Waals surface area contributed by atoms with E-state index in [4.69, 9.17) is 0 Å². The predicted octanol–water partition coefficient (Wildman–Crippen LogP) is 2.58. The second-order valence-electron chi connectivity index (χ2n) is 1.84. The van der Waals surface area contributed by atoms with Crippen LogP contribution in [0.15, 0.2) is 11.5 Å². The topological polar surface area (TPSA) is 0 Å². The van der Waals surface area contributed by atoms with E-state index in [9.17, 15) is 21.7 Å². The highest BCUT2D eigenvalue weighted by atomic mass is 19.4. The second kappa shape index (κ2) is 3.03. The molecule has 0 aliphatic carbocycles. The summed E-state index contributed by atoms with van der Waals surface area (Å²) < 4.78 is 56.8. The van der Waals surface area contributed by atoms with Gasteiger partial charge in [0.05, 0.1) is 0 Å². The Labute approximate surface area is 54.8 Å². The van der Waals surface area contributed by atoms with E-state index in [1.54, 1.807) is 0 Å². The molecule has 0 radical (unpaired) electrons. The van der Waals surface area contributed by atoms with E-state index in [2.05, 4.69) is 0 Å². The molecule has 0 atom stereocenters. The zero-order valence-electron chi connectivity index (χ0n) is 5.12. The van der Waals surface area contributed by atoms with E-state index in [1.807, 2.05) is 0 Å². The van der Waals surface area contributed by atoms with E-state index < -0.39 is 19.0 Å². The molecule has 10 heavy (non-hydrogen) atoms. The highest BCUT2D eigenvalue weighted by Gasteiger charge is 2.20. The molecular weight excluding hydrogens is 154 g/mol. The average Bonchev–Trinajstić information content (AvgIpc) is 1.60. The van der Waals surface area contributed by atoms with Crippen LogP contribution in [-0.2, 0) is 0 Å². The minimum Gasteiger partial charge on any atom is -0.445 e. The fourth-order valence-electron chi connectivity index (χ4n) is 0.371. The molecule has 0 aromatic carbocycles. The first-order valence-corrected chi connectivity index (χ1v) is 2.50. The lowest BCUT2D eigenvalue weighted by molar-refractivity contribution is 0.189. The van der Waals surface area contributed by atoms with Crippen LogP contribution in [0.25, 0.3) is 0 Å². The lowest BCUT2D eigenvalue weighted by atomic mass is 9.89. The van der Waals surface area contributed by atoms with Gasteiger partial charge in [-0.2, -0.15) is 0 Å². The zero-order chi connectivity index (χ0) is 8.36. The van der Waals surface area contributed by atoms with E-state index in [1.165, 1.54) is 0 Å². The Morgan fingerprint density at radius 3 is 1.80 bits per heavy atom. The Balaban J connectivity index is 4.17. The number of halogens is 5. The molecule has 0 amide bonds. The molecule has 0 fully saturated rings. The highest BCUT2D eigenvalue weighted by Crippen LogP contribution is 2.16. The van der Waals surface area contributed by atoms with Crippen molar-refractivity contribution in [2.24, 2.45) is 0 Å². The molecular formula is C4H5BF5-. The van der Waals surface area contributed by atoms with Crippen molar-refractivity contribution in [1.82, 2.24) is 0 Å². The molecule has 0 heterocycles. The monoisotopic (exact) mass is 159 g/mol. The Kier molecular flexibility index (Phi) is 2.86. The van der Waals surface area contributed by atoms with Crippen LogP contribution in [0.4, 0.5) is 21.7 Å². The lowest BCUT2D eigenvalue weighted by Gasteiger charge is -2.09. The van der Waals surface area contributed by atoms with E-state index in [-0.39, 0.29) is 5.98 Å². The van der Waals surface area contributed by atoms with Gasteiger partial charge >= 0.3 is 6.98 Å². The number of allylic oxidation sites excluding steroid dienone is 1. The van der Waals surface area contributed by atoms with Crippen molar-refractivity contribution in [2.75, 3.05) is 0 Å². The first-order chi connectivity index (χ1) is 4.33. The van der Waals surface area contributed by atoms with Crippen molar-refractivity contribution in [3.05, 3.63) is 11.5 Å². The summed E-state index contributed by atoms with van der Waals surface area (Å²) in [5, 5.41) is 0. The molecule has 0 unspecified atom stereocenters. The van der Waals surface area contributed by atoms with Gasteiger partial charge in [-0.05, 0) is 12.5 Å². The molecule has 0 aliphatic rings. The van der Waals surface area contributed by atoms with Crippen molar-refractivity contribution in [3.8, 4) is 0 Å². The van der Waals surface area contributed by atoms with Gasteiger partial charge < -0.3 is 12.9 Å². The van der Waals surface area contributed by atoms with Crippen molar-refractivity contribution in [2.45, 2.75) is 13.3 Å². The standard InChI is InChI=1S/C4H5BF5/c1-3(4(6)7)2-5(8,9)10/h2,4H,1H3/q-1/b3-2+. The van der Waals surface area contributed by atoms with Gasteiger partial charge in [-0.15, -0.1) is 5.98 Å². The van der Waals surface area contributed by atoms with Crippen LogP contribution in [-0.4, -0.2) is 13.4 Å². The molecule has 60 valence electrons. The van der Waals surface area contributed by atoms with Gasteiger partial charge in [-0.1, -0.05) is 0 Å². The minimum absolute atomic E-state index is 0.343. The SMILES string of the molecule is C/C(=C\[B-](F)(F)F)C(F)F. The molecule has 0 N–H and O–H groups in total. The third-order valence-electron chi connectivity index (χ3n) is 0.796. The third kappa shape index (κ3) is 4.35. The van der Waals surface area contributed by atoms with Gasteiger partial charge in [0.15, 0.2) is 0 Å². The molecule has 0 spiro atoms. The van der Waals surface area contributed by atoms with Crippen molar-refractivity contribution < 1.29 is 21.7 Å². The first-order valence-electron chi connectivity index (χ1n) is 2.50.